The second-order valence-electron chi connectivity index (χ2n) is 5.58. The molecular weight excluding hydrogens is 292 g/mol. The zero-order valence-corrected chi connectivity index (χ0v) is 12.8. The fraction of sp³-hybridized carbons (Fsp3) is 0.235. The fourth-order valence-electron chi connectivity index (χ4n) is 2.96. The number of methoxy groups -OCH3 is 1. The van der Waals surface area contributed by atoms with Crippen LogP contribution in [0.5, 0.6) is 5.75 Å². The van der Waals surface area contributed by atoms with Gasteiger partial charge in [-0.1, -0.05) is 29.5 Å². The Labute approximate surface area is 133 Å². The number of fused-ring (bicyclic) bond motifs is 2. The van der Waals surface area contributed by atoms with Crippen molar-refractivity contribution in [3.63, 3.8) is 0 Å². The van der Waals surface area contributed by atoms with E-state index in [1.54, 1.807) is 24.1 Å². The van der Waals surface area contributed by atoms with Crippen LogP contribution in [0.1, 0.15) is 11.1 Å². The molecule has 0 aliphatic carbocycles. The molecule has 0 saturated heterocycles. The highest BCUT2D eigenvalue weighted by Crippen LogP contribution is 2.22. The number of amides is 1. The van der Waals surface area contributed by atoms with Gasteiger partial charge in [-0.25, -0.2) is 4.79 Å². The molecule has 0 bridgehead atoms. The van der Waals surface area contributed by atoms with Gasteiger partial charge < -0.3 is 9.64 Å². The Morgan fingerprint density at radius 3 is 2.83 bits per heavy atom. The lowest BCUT2D eigenvalue weighted by molar-refractivity contribution is 0.191. The van der Waals surface area contributed by atoms with Gasteiger partial charge in [-0.05, 0) is 29.7 Å². The first-order valence-electron chi connectivity index (χ1n) is 7.52. The van der Waals surface area contributed by atoms with Crippen molar-refractivity contribution in [2.45, 2.75) is 13.0 Å². The van der Waals surface area contributed by atoms with Crippen molar-refractivity contribution in [3.8, 4) is 5.75 Å². The zero-order chi connectivity index (χ0) is 15.8. The van der Waals surface area contributed by atoms with Crippen LogP contribution in [-0.4, -0.2) is 39.6 Å². The number of carbonyl (C=O) groups is 1. The van der Waals surface area contributed by atoms with Crippen LogP contribution in [0, 0.1) is 0 Å². The summed E-state index contributed by atoms with van der Waals surface area (Å²) in [5.74, 6) is 0.698. The highest BCUT2D eigenvalue weighted by atomic mass is 16.5. The molecule has 0 atom stereocenters. The Hall–Kier alpha value is -2.89. The molecule has 23 heavy (non-hydrogen) atoms. The van der Waals surface area contributed by atoms with Crippen molar-refractivity contribution in [2.24, 2.45) is 0 Å². The maximum Gasteiger partial charge on any atom is 0.347 e. The minimum Gasteiger partial charge on any atom is -0.497 e. The molecule has 1 aliphatic rings. The highest BCUT2D eigenvalue weighted by molar-refractivity contribution is 5.88. The fourth-order valence-corrected chi connectivity index (χ4v) is 2.96. The quantitative estimate of drug-likeness (QED) is 0.693. The van der Waals surface area contributed by atoms with Crippen LogP contribution in [0.3, 0.4) is 0 Å². The van der Waals surface area contributed by atoms with Crippen molar-refractivity contribution in [1.82, 2.24) is 19.9 Å². The molecule has 2 aromatic carbocycles. The van der Waals surface area contributed by atoms with E-state index in [2.05, 4.69) is 22.4 Å². The van der Waals surface area contributed by atoms with Gasteiger partial charge >= 0.3 is 6.03 Å². The largest absolute Gasteiger partial charge is 0.497 e. The van der Waals surface area contributed by atoms with Crippen LogP contribution in [0.2, 0.25) is 0 Å². The van der Waals surface area contributed by atoms with Crippen molar-refractivity contribution in [2.75, 3.05) is 13.7 Å². The molecule has 0 fully saturated rings. The minimum absolute atomic E-state index is 0.146. The molecule has 3 aromatic rings. The van der Waals surface area contributed by atoms with Gasteiger partial charge in [0.25, 0.3) is 0 Å². The van der Waals surface area contributed by atoms with E-state index in [0.29, 0.717) is 29.9 Å². The van der Waals surface area contributed by atoms with E-state index in [4.69, 9.17) is 4.74 Å². The molecule has 1 amide bonds. The average molecular weight is 308 g/mol. The van der Waals surface area contributed by atoms with Gasteiger partial charge in [0.1, 0.15) is 11.3 Å². The van der Waals surface area contributed by atoms with Gasteiger partial charge in [0.2, 0.25) is 0 Å². The lowest BCUT2D eigenvalue weighted by atomic mass is 10.0. The number of hydrogen-bond donors (Lipinski definition) is 0. The number of ether oxygens (including phenoxy) is 1. The Kier molecular flexibility index (Phi) is 3.22. The Balaban J connectivity index is 1.65. The summed E-state index contributed by atoms with van der Waals surface area (Å²) in [6, 6.07) is 13.5. The van der Waals surface area contributed by atoms with Crippen molar-refractivity contribution >= 4 is 17.1 Å². The van der Waals surface area contributed by atoms with Gasteiger partial charge in [0.05, 0.1) is 12.6 Å². The summed E-state index contributed by atoms with van der Waals surface area (Å²) in [6.07, 6.45) is 0.863. The predicted octanol–water partition coefficient (Wildman–Crippen LogP) is 2.47. The lowest BCUT2D eigenvalue weighted by Gasteiger charge is -2.28. The van der Waals surface area contributed by atoms with Crippen molar-refractivity contribution in [1.29, 1.82) is 0 Å². The molecular formula is C17H16N4O2. The van der Waals surface area contributed by atoms with Crippen molar-refractivity contribution < 1.29 is 9.53 Å². The monoisotopic (exact) mass is 308 g/mol. The van der Waals surface area contributed by atoms with E-state index in [1.807, 2.05) is 18.2 Å². The predicted molar refractivity (Wildman–Crippen MR) is 85.4 cm³/mol. The normalized spacial score (nSPS) is 13.9. The number of benzene rings is 2. The summed E-state index contributed by atoms with van der Waals surface area (Å²) in [6.45, 7) is 1.29. The molecule has 6 heteroatoms. The average Bonchev–Trinajstić information content (AvgIpc) is 3.03. The van der Waals surface area contributed by atoms with E-state index in [1.165, 1.54) is 15.8 Å². The molecule has 0 radical (unpaired) electrons. The molecule has 2 heterocycles. The number of nitrogens with zero attached hydrogens (tertiary/aromatic N) is 4. The third-order valence-electron chi connectivity index (χ3n) is 4.24. The number of aromatic nitrogens is 3. The highest BCUT2D eigenvalue weighted by Gasteiger charge is 2.23. The van der Waals surface area contributed by atoms with Crippen molar-refractivity contribution in [3.05, 3.63) is 53.6 Å². The standard InChI is InChI=1S/C17H16N4O2/c1-23-14-6-7-16-15(10-14)18-19-21(16)17(22)20-9-8-12-4-2-3-5-13(12)11-20/h2-7,10H,8-9,11H2,1H3. The third kappa shape index (κ3) is 2.32. The summed E-state index contributed by atoms with van der Waals surface area (Å²) in [7, 11) is 1.60. The molecule has 6 nitrogen and oxygen atoms in total. The van der Waals surface area contributed by atoms with Gasteiger partial charge in [-0.2, -0.15) is 4.68 Å². The first kappa shape index (κ1) is 13.8. The maximum atomic E-state index is 12.8. The topological polar surface area (TPSA) is 60.3 Å². The van der Waals surface area contributed by atoms with Gasteiger partial charge in [0.15, 0.2) is 0 Å². The summed E-state index contributed by atoms with van der Waals surface area (Å²) in [5.41, 5.74) is 3.84. The van der Waals surface area contributed by atoms with Crippen LogP contribution in [0.25, 0.3) is 11.0 Å². The first-order valence-corrected chi connectivity index (χ1v) is 7.52. The number of hydrogen-bond acceptors (Lipinski definition) is 4. The zero-order valence-electron chi connectivity index (χ0n) is 12.8. The molecule has 0 spiro atoms. The smallest absolute Gasteiger partial charge is 0.347 e. The number of rotatable bonds is 1. The van der Waals surface area contributed by atoms with Crippen LogP contribution in [0.15, 0.2) is 42.5 Å². The molecule has 0 saturated carbocycles. The third-order valence-corrected chi connectivity index (χ3v) is 4.24. The minimum atomic E-state index is -0.146. The van der Waals surface area contributed by atoms with E-state index < -0.39 is 0 Å². The van der Waals surface area contributed by atoms with Crippen LogP contribution >= 0.6 is 0 Å². The van der Waals surface area contributed by atoms with E-state index >= 15 is 0 Å². The lowest BCUT2D eigenvalue weighted by Crippen LogP contribution is -2.39. The van der Waals surface area contributed by atoms with Crippen LogP contribution < -0.4 is 4.74 Å². The van der Waals surface area contributed by atoms with E-state index in [-0.39, 0.29) is 6.03 Å². The van der Waals surface area contributed by atoms with E-state index in [0.717, 1.165) is 6.42 Å². The molecule has 1 aliphatic heterocycles. The van der Waals surface area contributed by atoms with E-state index in [9.17, 15) is 4.79 Å². The molecule has 1 aromatic heterocycles. The molecule has 116 valence electrons. The van der Waals surface area contributed by atoms with Gasteiger partial charge in [-0.3, -0.25) is 0 Å². The summed E-state index contributed by atoms with van der Waals surface area (Å²) in [4.78, 5) is 14.6. The summed E-state index contributed by atoms with van der Waals surface area (Å²) < 4.78 is 6.54. The first-order chi connectivity index (χ1) is 11.3. The summed E-state index contributed by atoms with van der Waals surface area (Å²) in [5, 5.41) is 8.09. The maximum absolute atomic E-state index is 12.8. The Morgan fingerprint density at radius 2 is 2.00 bits per heavy atom. The second-order valence-corrected chi connectivity index (χ2v) is 5.58. The molecule has 4 rings (SSSR count). The van der Waals surface area contributed by atoms with Crippen LogP contribution in [0.4, 0.5) is 4.79 Å². The summed E-state index contributed by atoms with van der Waals surface area (Å²) >= 11 is 0. The van der Waals surface area contributed by atoms with Crippen LogP contribution in [-0.2, 0) is 13.0 Å². The number of carbonyl (C=O) groups excluding carboxylic acids is 1. The Bertz CT molecular complexity index is 887. The molecule has 0 unspecified atom stereocenters. The van der Waals surface area contributed by atoms with Gasteiger partial charge in [0, 0.05) is 19.2 Å². The van der Waals surface area contributed by atoms with Gasteiger partial charge in [-0.15, -0.1) is 5.10 Å². The second kappa shape index (κ2) is 5.39. The molecule has 0 N–H and O–H groups in total. The Morgan fingerprint density at radius 1 is 1.17 bits per heavy atom. The SMILES string of the molecule is COc1ccc2c(c1)nnn2C(=O)N1CCc2ccccc2C1.